The third-order valence-electron chi connectivity index (χ3n) is 1.74. The molecular formula is C7H13NO5S. The number of rotatable bonds is 4. The maximum absolute atomic E-state index is 11.2. The van der Waals surface area contributed by atoms with Gasteiger partial charge in [0, 0.05) is 6.26 Å². The average Bonchev–Trinajstić information content (AvgIpc) is 2.00. The van der Waals surface area contributed by atoms with Crippen LogP contribution in [0.15, 0.2) is 0 Å². The van der Waals surface area contributed by atoms with E-state index in [4.69, 9.17) is 5.11 Å². The highest BCUT2D eigenvalue weighted by atomic mass is 32.2. The molecule has 2 atom stereocenters. The Morgan fingerprint density at radius 2 is 1.71 bits per heavy atom. The van der Waals surface area contributed by atoms with Crippen molar-refractivity contribution in [1.29, 1.82) is 0 Å². The zero-order valence-electron chi connectivity index (χ0n) is 8.14. The molecule has 7 heteroatoms. The van der Waals surface area contributed by atoms with Crippen molar-refractivity contribution in [1.82, 2.24) is 5.32 Å². The van der Waals surface area contributed by atoms with E-state index in [1.54, 1.807) is 0 Å². The van der Waals surface area contributed by atoms with Crippen LogP contribution in [0.4, 0.5) is 0 Å². The number of carboxylic acids is 1. The second kappa shape index (κ2) is 4.41. The Kier molecular flexibility index (Phi) is 4.06. The first kappa shape index (κ1) is 12.9. The third kappa shape index (κ3) is 3.73. The molecule has 1 amide bonds. The molecule has 0 heterocycles. The fourth-order valence-corrected chi connectivity index (χ4v) is 1.04. The van der Waals surface area contributed by atoms with Crippen molar-refractivity contribution in [2.75, 3.05) is 6.26 Å². The summed E-state index contributed by atoms with van der Waals surface area (Å²) in [4.78, 5) is 21.5. The number of aliphatic carboxylic acids is 1. The molecule has 0 aliphatic rings. The molecule has 82 valence electrons. The van der Waals surface area contributed by atoms with Crippen LogP contribution in [0.25, 0.3) is 0 Å². The summed E-state index contributed by atoms with van der Waals surface area (Å²) in [5, 5.41) is 9.29. The minimum atomic E-state index is -3.48. The first-order chi connectivity index (χ1) is 6.16. The zero-order chi connectivity index (χ0) is 11.5. The van der Waals surface area contributed by atoms with Crippen LogP contribution in [-0.4, -0.2) is 42.9 Å². The van der Waals surface area contributed by atoms with Gasteiger partial charge in [-0.3, -0.25) is 9.59 Å². The highest BCUT2D eigenvalue weighted by molar-refractivity contribution is 7.92. The molecule has 0 aliphatic carbocycles. The average molecular weight is 223 g/mol. The number of nitrogens with one attached hydrogen (secondary N) is 1. The van der Waals surface area contributed by atoms with Crippen LogP contribution >= 0.6 is 0 Å². The van der Waals surface area contributed by atoms with Crippen LogP contribution in [0.3, 0.4) is 0 Å². The first-order valence-electron chi connectivity index (χ1n) is 3.88. The van der Waals surface area contributed by atoms with Gasteiger partial charge in [0.15, 0.2) is 9.84 Å². The van der Waals surface area contributed by atoms with Gasteiger partial charge in [-0.25, -0.2) is 8.42 Å². The van der Waals surface area contributed by atoms with Crippen molar-refractivity contribution in [3.05, 3.63) is 0 Å². The van der Waals surface area contributed by atoms with Crippen molar-refractivity contribution in [2.45, 2.75) is 25.1 Å². The Balaban J connectivity index is 4.45. The maximum Gasteiger partial charge on any atom is 0.325 e. The predicted molar refractivity (Wildman–Crippen MR) is 49.5 cm³/mol. The van der Waals surface area contributed by atoms with Crippen molar-refractivity contribution >= 4 is 21.7 Å². The summed E-state index contributed by atoms with van der Waals surface area (Å²) < 4.78 is 21.8. The molecule has 0 saturated carbocycles. The normalized spacial score (nSPS) is 15.6. The number of hydrogen-bond donors (Lipinski definition) is 2. The maximum atomic E-state index is 11.2. The molecule has 14 heavy (non-hydrogen) atoms. The standard InChI is InChI=1S/C7H13NO5S/c1-4(7(10)11)8-6(9)5(2)14(3,12)13/h4-5H,1-3H3,(H,8,9)(H,10,11). The minimum absolute atomic E-state index is 0.803. The van der Waals surface area contributed by atoms with Crippen molar-refractivity contribution in [2.24, 2.45) is 0 Å². The summed E-state index contributed by atoms with van der Waals surface area (Å²) in [6.07, 6.45) is 0.919. The van der Waals surface area contributed by atoms with Crippen LogP contribution in [0.2, 0.25) is 0 Å². The van der Waals surface area contributed by atoms with E-state index in [1.165, 1.54) is 13.8 Å². The Labute approximate surface area is 82.2 Å². The largest absolute Gasteiger partial charge is 0.480 e. The molecule has 0 aromatic rings. The predicted octanol–water partition coefficient (Wildman–Crippen LogP) is -0.991. The van der Waals surface area contributed by atoms with Gasteiger partial charge in [-0.05, 0) is 13.8 Å². The lowest BCUT2D eigenvalue weighted by Gasteiger charge is -2.12. The van der Waals surface area contributed by atoms with Crippen LogP contribution in [-0.2, 0) is 19.4 Å². The third-order valence-corrected chi connectivity index (χ3v) is 3.24. The van der Waals surface area contributed by atoms with E-state index in [9.17, 15) is 18.0 Å². The smallest absolute Gasteiger partial charge is 0.325 e. The minimum Gasteiger partial charge on any atom is -0.480 e. The Morgan fingerprint density at radius 1 is 1.29 bits per heavy atom. The summed E-state index contributed by atoms with van der Waals surface area (Å²) in [5.74, 6) is -2.01. The highest BCUT2D eigenvalue weighted by Gasteiger charge is 2.25. The molecule has 0 aliphatic heterocycles. The number of sulfone groups is 1. The Bertz CT molecular complexity index is 334. The monoisotopic (exact) mass is 223 g/mol. The van der Waals surface area contributed by atoms with Crippen molar-refractivity contribution in [3.63, 3.8) is 0 Å². The number of carboxylic acid groups (broad SMARTS) is 1. The number of amides is 1. The van der Waals surface area contributed by atoms with Crippen molar-refractivity contribution in [3.8, 4) is 0 Å². The number of hydrogen-bond acceptors (Lipinski definition) is 4. The lowest BCUT2D eigenvalue weighted by molar-refractivity contribution is -0.141. The van der Waals surface area contributed by atoms with Crippen molar-refractivity contribution < 1.29 is 23.1 Å². The number of carbonyl (C=O) groups excluding carboxylic acids is 1. The molecule has 0 fully saturated rings. The van der Waals surface area contributed by atoms with E-state index >= 15 is 0 Å². The topological polar surface area (TPSA) is 101 Å². The number of carbonyl (C=O) groups is 2. The molecule has 0 bridgehead atoms. The SMILES string of the molecule is CC(NC(=O)C(C)S(C)(=O)=O)C(=O)O. The van der Waals surface area contributed by atoms with Gasteiger partial charge in [0.2, 0.25) is 5.91 Å². The van der Waals surface area contributed by atoms with E-state index in [1.807, 2.05) is 0 Å². The molecule has 0 spiro atoms. The lowest BCUT2D eigenvalue weighted by atomic mass is 10.3. The fourth-order valence-electron chi connectivity index (χ4n) is 0.587. The van der Waals surface area contributed by atoms with E-state index < -0.39 is 33.0 Å². The van der Waals surface area contributed by atoms with Gasteiger partial charge >= 0.3 is 5.97 Å². The van der Waals surface area contributed by atoms with Crippen LogP contribution in [0, 0.1) is 0 Å². The second-order valence-electron chi connectivity index (χ2n) is 3.04. The summed E-state index contributed by atoms with van der Waals surface area (Å²) in [7, 11) is -3.48. The molecule has 0 aromatic carbocycles. The molecule has 2 unspecified atom stereocenters. The summed E-state index contributed by atoms with van der Waals surface area (Å²) >= 11 is 0. The molecular weight excluding hydrogens is 210 g/mol. The first-order valence-corrected chi connectivity index (χ1v) is 5.83. The van der Waals surface area contributed by atoms with Crippen LogP contribution < -0.4 is 5.32 Å². The van der Waals surface area contributed by atoms with Gasteiger partial charge in [-0.15, -0.1) is 0 Å². The van der Waals surface area contributed by atoms with E-state index in [0.717, 1.165) is 6.26 Å². The van der Waals surface area contributed by atoms with E-state index in [-0.39, 0.29) is 0 Å². The molecule has 0 aromatic heterocycles. The quantitative estimate of drug-likeness (QED) is 0.637. The second-order valence-corrected chi connectivity index (χ2v) is 5.41. The van der Waals surface area contributed by atoms with Crippen LogP contribution in [0.5, 0.6) is 0 Å². The van der Waals surface area contributed by atoms with E-state index in [0.29, 0.717) is 0 Å². The van der Waals surface area contributed by atoms with Gasteiger partial charge in [-0.2, -0.15) is 0 Å². The van der Waals surface area contributed by atoms with E-state index in [2.05, 4.69) is 5.32 Å². The van der Waals surface area contributed by atoms with Gasteiger partial charge in [0.1, 0.15) is 11.3 Å². The molecule has 2 N–H and O–H groups in total. The molecule has 0 radical (unpaired) electrons. The molecule has 6 nitrogen and oxygen atoms in total. The summed E-state index contributed by atoms with van der Waals surface area (Å²) in [6.45, 7) is 2.47. The summed E-state index contributed by atoms with van der Waals surface area (Å²) in [5.41, 5.74) is 0. The van der Waals surface area contributed by atoms with Gasteiger partial charge in [0.05, 0.1) is 0 Å². The molecule has 0 rings (SSSR count). The highest BCUT2D eigenvalue weighted by Crippen LogP contribution is 1.98. The van der Waals surface area contributed by atoms with Gasteiger partial charge in [0.25, 0.3) is 0 Å². The Morgan fingerprint density at radius 3 is 2.00 bits per heavy atom. The molecule has 0 saturated heterocycles. The summed E-state index contributed by atoms with van der Waals surface area (Å²) in [6, 6.07) is -1.09. The zero-order valence-corrected chi connectivity index (χ0v) is 8.96. The van der Waals surface area contributed by atoms with Crippen LogP contribution in [0.1, 0.15) is 13.8 Å². The van der Waals surface area contributed by atoms with Gasteiger partial charge in [-0.1, -0.05) is 0 Å². The fraction of sp³-hybridized carbons (Fsp3) is 0.714. The lowest BCUT2D eigenvalue weighted by Crippen LogP contribution is -2.45. The van der Waals surface area contributed by atoms with Gasteiger partial charge < -0.3 is 10.4 Å². The Hall–Kier alpha value is -1.11.